The Balaban J connectivity index is 0.00000225. The van der Waals surface area contributed by atoms with Gasteiger partial charge in [0.25, 0.3) is 0 Å². The summed E-state index contributed by atoms with van der Waals surface area (Å²) in [5, 5.41) is 15.2. The summed E-state index contributed by atoms with van der Waals surface area (Å²) in [6.45, 7) is 5.45. The Labute approximate surface area is 170 Å². The Bertz CT molecular complexity index is 979. The van der Waals surface area contributed by atoms with Crippen molar-refractivity contribution >= 4 is 24.0 Å². The minimum Gasteiger partial charge on any atom is -0.326 e. The van der Waals surface area contributed by atoms with E-state index in [1.807, 2.05) is 68.3 Å². The van der Waals surface area contributed by atoms with Gasteiger partial charge in [-0.05, 0) is 43.7 Å². The largest absolute Gasteiger partial charge is 0.326 e. The van der Waals surface area contributed by atoms with E-state index in [0.717, 1.165) is 34.9 Å². The van der Waals surface area contributed by atoms with Gasteiger partial charge in [-0.2, -0.15) is 10.2 Å². The second-order valence-electron chi connectivity index (χ2n) is 7.20. The number of amides is 1. The van der Waals surface area contributed by atoms with Gasteiger partial charge in [0.1, 0.15) is 0 Å². The number of rotatable bonds is 4. The molecule has 1 amide bonds. The van der Waals surface area contributed by atoms with E-state index in [4.69, 9.17) is 0 Å². The molecule has 28 heavy (non-hydrogen) atoms. The lowest BCUT2D eigenvalue weighted by Crippen LogP contribution is -2.28. The topological polar surface area (TPSA) is 76.8 Å². The van der Waals surface area contributed by atoms with E-state index in [9.17, 15) is 4.79 Å². The van der Waals surface area contributed by atoms with Crippen LogP contribution in [0.5, 0.6) is 0 Å². The number of hydrogen-bond donors (Lipinski definition) is 2. The molecule has 148 valence electrons. The fourth-order valence-corrected chi connectivity index (χ4v) is 3.78. The third kappa shape index (κ3) is 3.95. The molecule has 3 aromatic rings. The van der Waals surface area contributed by atoms with Gasteiger partial charge in [-0.1, -0.05) is 6.07 Å². The summed E-state index contributed by atoms with van der Waals surface area (Å²) < 4.78 is 3.67. The molecule has 1 fully saturated rings. The van der Waals surface area contributed by atoms with Crippen LogP contribution in [0.4, 0.5) is 5.69 Å². The number of carbonyl (C=O) groups is 1. The smallest absolute Gasteiger partial charge is 0.229 e. The van der Waals surface area contributed by atoms with E-state index < -0.39 is 0 Å². The molecule has 1 saturated heterocycles. The third-order valence-corrected chi connectivity index (χ3v) is 5.07. The lowest BCUT2D eigenvalue weighted by Gasteiger charge is -2.17. The van der Waals surface area contributed by atoms with Crippen molar-refractivity contribution in [2.24, 2.45) is 13.0 Å². The van der Waals surface area contributed by atoms with Crippen LogP contribution in [0.1, 0.15) is 22.9 Å². The van der Waals surface area contributed by atoms with Crippen molar-refractivity contribution in [3.63, 3.8) is 0 Å². The van der Waals surface area contributed by atoms with Crippen LogP contribution in [-0.4, -0.2) is 38.6 Å². The number of benzene rings is 1. The normalized spacial score (nSPS) is 18.7. The second-order valence-corrected chi connectivity index (χ2v) is 7.20. The highest BCUT2D eigenvalue weighted by Crippen LogP contribution is 2.29. The highest BCUT2D eigenvalue weighted by Gasteiger charge is 2.34. The molecular weight excluding hydrogens is 376 g/mol. The van der Waals surface area contributed by atoms with Crippen molar-refractivity contribution in [1.82, 2.24) is 24.9 Å². The monoisotopic (exact) mass is 400 g/mol. The average molecular weight is 401 g/mol. The van der Waals surface area contributed by atoms with Crippen LogP contribution in [0.3, 0.4) is 0 Å². The Morgan fingerprint density at radius 3 is 2.75 bits per heavy atom. The van der Waals surface area contributed by atoms with Crippen molar-refractivity contribution in [2.45, 2.75) is 19.8 Å². The summed E-state index contributed by atoms with van der Waals surface area (Å²) in [4.78, 5) is 12.9. The van der Waals surface area contributed by atoms with Crippen LogP contribution in [0.15, 0.2) is 42.7 Å². The van der Waals surface area contributed by atoms with Gasteiger partial charge < -0.3 is 10.6 Å². The zero-order valence-corrected chi connectivity index (χ0v) is 17.0. The number of anilines is 1. The van der Waals surface area contributed by atoms with E-state index >= 15 is 0 Å². The molecule has 0 aliphatic carbocycles. The first-order valence-corrected chi connectivity index (χ1v) is 9.15. The highest BCUT2D eigenvalue weighted by atomic mass is 35.5. The summed E-state index contributed by atoms with van der Waals surface area (Å²) in [7, 11) is 1.89. The van der Waals surface area contributed by atoms with Crippen LogP contribution in [0.25, 0.3) is 5.69 Å². The van der Waals surface area contributed by atoms with E-state index in [1.54, 1.807) is 4.68 Å². The molecule has 0 saturated carbocycles. The number of nitrogens with zero attached hydrogens (tertiary/aromatic N) is 4. The van der Waals surface area contributed by atoms with Gasteiger partial charge in [0, 0.05) is 43.6 Å². The molecular formula is C20H25ClN6O. The van der Waals surface area contributed by atoms with E-state index in [0.29, 0.717) is 6.54 Å². The van der Waals surface area contributed by atoms with Gasteiger partial charge >= 0.3 is 0 Å². The van der Waals surface area contributed by atoms with Crippen molar-refractivity contribution in [3.8, 4) is 5.69 Å². The summed E-state index contributed by atoms with van der Waals surface area (Å²) in [5.74, 6) is 0.0452. The molecule has 0 spiro atoms. The van der Waals surface area contributed by atoms with Gasteiger partial charge in [-0.15, -0.1) is 12.4 Å². The van der Waals surface area contributed by atoms with Crippen molar-refractivity contribution in [2.75, 3.05) is 18.4 Å². The minimum absolute atomic E-state index is 0. The molecule has 3 heterocycles. The molecule has 7 nitrogen and oxygen atoms in total. The SMILES string of the molecule is Cc1cc(C)n(-c2cccc(NC(=O)[C@H]3CNC[C@@H]3c3cnn(C)c3)c2)n1.Cl. The predicted octanol–water partition coefficient (Wildman–Crippen LogP) is 2.59. The van der Waals surface area contributed by atoms with Crippen LogP contribution in [0, 0.1) is 19.8 Å². The second kappa shape index (κ2) is 8.16. The molecule has 2 atom stereocenters. The standard InChI is InChI=1S/C20H24N6O.ClH/c1-13-7-14(2)26(24-13)17-6-4-5-16(8-17)23-20(27)19-11-21-10-18(19)15-9-22-25(3)12-15;/h4-9,12,18-19,21H,10-11H2,1-3H3,(H,23,27);1H/t18-,19+;/m1./s1. The molecule has 8 heteroatoms. The summed E-state index contributed by atoms with van der Waals surface area (Å²) in [5.41, 5.74) is 4.85. The Kier molecular flexibility index (Phi) is 5.86. The molecule has 0 radical (unpaired) electrons. The Hall–Kier alpha value is -2.64. The number of halogens is 1. The molecule has 1 aromatic carbocycles. The van der Waals surface area contributed by atoms with Crippen LogP contribution < -0.4 is 10.6 Å². The summed E-state index contributed by atoms with van der Waals surface area (Å²) in [6, 6.07) is 9.83. The zero-order chi connectivity index (χ0) is 19.0. The van der Waals surface area contributed by atoms with Crippen molar-refractivity contribution in [3.05, 3.63) is 59.7 Å². The lowest BCUT2D eigenvalue weighted by molar-refractivity contribution is -0.119. The minimum atomic E-state index is -0.119. The first-order valence-electron chi connectivity index (χ1n) is 9.15. The molecule has 2 N–H and O–H groups in total. The molecule has 4 rings (SSSR count). The van der Waals surface area contributed by atoms with E-state index in [1.165, 1.54) is 0 Å². The number of carbonyl (C=O) groups excluding carboxylic acids is 1. The maximum Gasteiger partial charge on any atom is 0.229 e. The highest BCUT2D eigenvalue weighted by molar-refractivity contribution is 5.93. The molecule has 1 aliphatic heterocycles. The molecule has 2 aromatic heterocycles. The van der Waals surface area contributed by atoms with Crippen LogP contribution in [0.2, 0.25) is 0 Å². The zero-order valence-electron chi connectivity index (χ0n) is 16.2. The number of aromatic nitrogens is 4. The Morgan fingerprint density at radius 1 is 1.25 bits per heavy atom. The average Bonchev–Trinajstić information content (AvgIpc) is 3.34. The van der Waals surface area contributed by atoms with Crippen LogP contribution in [-0.2, 0) is 11.8 Å². The van der Waals surface area contributed by atoms with Gasteiger partial charge in [0.2, 0.25) is 5.91 Å². The quantitative estimate of drug-likeness (QED) is 0.705. The number of nitrogens with one attached hydrogen (secondary N) is 2. The molecule has 0 unspecified atom stereocenters. The molecule has 0 bridgehead atoms. The van der Waals surface area contributed by atoms with Crippen molar-refractivity contribution in [1.29, 1.82) is 0 Å². The first kappa shape index (κ1) is 20.1. The van der Waals surface area contributed by atoms with Gasteiger partial charge in [0.05, 0.1) is 23.5 Å². The Morgan fingerprint density at radius 2 is 2.07 bits per heavy atom. The molecule has 1 aliphatic rings. The maximum absolute atomic E-state index is 12.9. The first-order chi connectivity index (χ1) is 13.0. The van der Waals surface area contributed by atoms with E-state index in [-0.39, 0.29) is 30.2 Å². The number of hydrogen-bond acceptors (Lipinski definition) is 4. The van der Waals surface area contributed by atoms with Gasteiger partial charge in [0.15, 0.2) is 0 Å². The summed E-state index contributed by atoms with van der Waals surface area (Å²) in [6.07, 6.45) is 3.84. The van der Waals surface area contributed by atoms with Gasteiger partial charge in [-0.25, -0.2) is 4.68 Å². The third-order valence-electron chi connectivity index (χ3n) is 5.07. The van der Waals surface area contributed by atoms with Gasteiger partial charge in [-0.3, -0.25) is 9.48 Å². The number of aryl methyl sites for hydroxylation is 3. The van der Waals surface area contributed by atoms with Crippen LogP contribution >= 0.6 is 12.4 Å². The fourth-order valence-electron chi connectivity index (χ4n) is 3.78. The summed E-state index contributed by atoms with van der Waals surface area (Å²) >= 11 is 0. The van der Waals surface area contributed by atoms with Crippen molar-refractivity contribution < 1.29 is 4.79 Å². The van der Waals surface area contributed by atoms with E-state index in [2.05, 4.69) is 20.8 Å². The maximum atomic E-state index is 12.9. The fraction of sp³-hybridized carbons (Fsp3) is 0.350. The lowest BCUT2D eigenvalue weighted by atomic mass is 9.90. The predicted molar refractivity (Wildman–Crippen MR) is 111 cm³/mol.